The Balaban J connectivity index is 2.51. The molecule has 1 aromatic heterocycles. The van der Waals surface area contributed by atoms with Gasteiger partial charge in [-0.25, -0.2) is 0 Å². The molecule has 1 aromatic rings. The zero-order chi connectivity index (χ0) is 10.6. The molecule has 2 nitrogen and oxygen atoms in total. The molecule has 0 aromatic carbocycles. The number of halogens is 3. The predicted octanol–water partition coefficient (Wildman–Crippen LogP) is 2.89. The van der Waals surface area contributed by atoms with Gasteiger partial charge in [0.15, 0.2) is 0 Å². The summed E-state index contributed by atoms with van der Waals surface area (Å²) in [7, 11) is 1.45. The zero-order valence-corrected chi connectivity index (χ0v) is 8.24. The van der Waals surface area contributed by atoms with E-state index < -0.39 is 11.1 Å². The molecule has 0 radical (unpaired) electrons. The lowest BCUT2D eigenvalue weighted by atomic mass is 10.4. The zero-order valence-electron chi connectivity index (χ0n) is 7.43. The Morgan fingerprint density at radius 2 is 2.07 bits per heavy atom. The van der Waals surface area contributed by atoms with Crippen molar-refractivity contribution < 1.29 is 22.6 Å². The van der Waals surface area contributed by atoms with E-state index in [1.54, 1.807) is 0 Å². The molecule has 0 spiro atoms. The molecule has 6 heteroatoms. The van der Waals surface area contributed by atoms with E-state index in [1.807, 2.05) is 0 Å². The van der Waals surface area contributed by atoms with Crippen LogP contribution in [0, 0.1) is 0 Å². The summed E-state index contributed by atoms with van der Waals surface area (Å²) in [4.78, 5) is -0.0668. The number of methoxy groups -OCH3 is 1. The van der Waals surface area contributed by atoms with Gasteiger partial charge in [0.2, 0.25) is 0 Å². The standard InChI is InChI=1S/C8H9F3O2S/c1-12-5-13-4-6-2-3-7(14-6)8(9,10)11/h2-3H,4-5H2,1H3. The average molecular weight is 226 g/mol. The fourth-order valence-electron chi connectivity index (χ4n) is 0.833. The van der Waals surface area contributed by atoms with Crippen molar-refractivity contribution in [3.63, 3.8) is 0 Å². The van der Waals surface area contributed by atoms with Crippen molar-refractivity contribution in [3.8, 4) is 0 Å². The number of alkyl halides is 3. The highest BCUT2D eigenvalue weighted by atomic mass is 32.1. The van der Waals surface area contributed by atoms with Crippen LogP contribution in [0.2, 0.25) is 0 Å². The van der Waals surface area contributed by atoms with Crippen LogP contribution in [-0.4, -0.2) is 13.9 Å². The maximum atomic E-state index is 12.1. The van der Waals surface area contributed by atoms with E-state index in [0.717, 1.165) is 6.07 Å². The molecule has 0 aliphatic rings. The Bertz CT molecular complexity index is 282. The number of thiophene rings is 1. The van der Waals surface area contributed by atoms with Crippen molar-refractivity contribution in [3.05, 3.63) is 21.9 Å². The van der Waals surface area contributed by atoms with Gasteiger partial charge in [-0.2, -0.15) is 13.2 Å². The highest BCUT2D eigenvalue weighted by molar-refractivity contribution is 7.12. The van der Waals surface area contributed by atoms with Crippen LogP contribution in [0.4, 0.5) is 13.2 Å². The number of hydrogen-bond donors (Lipinski definition) is 0. The summed E-state index contributed by atoms with van der Waals surface area (Å²) >= 11 is 0.685. The third-order valence-corrected chi connectivity index (χ3v) is 2.49. The second-order valence-corrected chi connectivity index (χ2v) is 3.69. The molecule has 0 aliphatic carbocycles. The molecule has 1 heterocycles. The molecule has 0 saturated carbocycles. The van der Waals surface area contributed by atoms with E-state index >= 15 is 0 Å². The maximum Gasteiger partial charge on any atom is 0.425 e. The number of ether oxygens (including phenoxy) is 2. The Kier molecular flexibility index (Phi) is 3.91. The van der Waals surface area contributed by atoms with Crippen molar-refractivity contribution in [1.29, 1.82) is 0 Å². The van der Waals surface area contributed by atoms with Crippen LogP contribution in [0.15, 0.2) is 12.1 Å². The lowest BCUT2D eigenvalue weighted by Crippen LogP contribution is -2.00. The van der Waals surface area contributed by atoms with Crippen LogP contribution in [0.3, 0.4) is 0 Å². The SMILES string of the molecule is COCOCc1ccc(C(F)(F)F)s1. The summed E-state index contributed by atoms with van der Waals surface area (Å²) in [5, 5.41) is 0. The fraction of sp³-hybridized carbons (Fsp3) is 0.500. The highest BCUT2D eigenvalue weighted by Gasteiger charge is 2.32. The van der Waals surface area contributed by atoms with Gasteiger partial charge in [0.1, 0.15) is 11.7 Å². The van der Waals surface area contributed by atoms with Crippen LogP contribution < -0.4 is 0 Å². The van der Waals surface area contributed by atoms with Crippen LogP contribution in [0.25, 0.3) is 0 Å². The van der Waals surface area contributed by atoms with Crippen LogP contribution in [0.5, 0.6) is 0 Å². The van der Waals surface area contributed by atoms with Gasteiger partial charge < -0.3 is 9.47 Å². The second kappa shape index (κ2) is 4.77. The molecule has 0 unspecified atom stereocenters. The molecule has 0 bridgehead atoms. The first kappa shape index (κ1) is 11.5. The Morgan fingerprint density at radius 1 is 1.36 bits per heavy atom. The summed E-state index contributed by atoms with van der Waals surface area (Å²) in [6, 6.07) is 2.46. The van der Waals surface area contributed by atoms with E-state index in [9.17, 15) is 13.2 Å². The first-order valence-corrected chi connectivity index (χ1v) is 4.58. The summed E-state index contributed by atoms with van der Waals surface area (Å²) in [5.41, 5.74) is 0. The monoisotopic (exact) mass is 226 g/mol. The first-order valence-electron chi connectivity index (χ1n) is 3.76. The van der Waals surface area contributed by atoms with Gasteiger partial charge in [-0.15, -0.1) is 11.3 Å². The van der Waals surface area contributed by atoms with Crippen molar-refractivity contribution in [2.24, 2.45) is 0 Å². The topological polar surface area (TPSA) is 18.5 Å². The summed E-state index contributed by atoms with van der Waals surface area (Å²) in [6.45, 7) is 0.230. The van der Waals surface area contributed by atoms with Crippen LogP contribution in [-0.2, 0) is 22.3 Å². The quantitative estimate of drug-likeness (QED) is 0.580. The van der Waals surface area contributed by atoms with Crippen molar-refractivity contribution in [2.75, 3.05) is 13.9 Å². The molecule has 1 rings (SSSR count). The largest absolute Gasteiger partial charge is 0.425 e. The molecule has 0 fully saturated rings. The van der Waals surface area contributed by atoms with Gasteiger partial charge in [-0.3, -0.25) is 0 Å². The number of rotatable bonds is 4. The normalized spacial score (nSPS) is 12.0. The van der Waals surface area contributed by atoms with Gasteiger partial charge in [0.25, 0.3) is 0 Å². The van der Waals surface area contributed by atoms with Gasteiger partial charge in [0, 0.05) is 12.0 Å². The van der Waals surface area contributed by atoms with Crippen molar-refractivity contribution >= 4 is 11.3 Å². The molecule has 0 atom stereocenters. The molecule has 0 aliphatic heterocycles. The third kappa shape index (κ3) is 3.28. The van der Waals surface area contributed by atoms with Crippen molar-refractivity contribution in [2.45, 2.75) is 12.8 Å². The summed E-state index contributed by atoms with van der Waals surface area (Å²) in [5.74, 6) is 0. The lowest BCUT2D eigenvalue weighted by Gasteiger charge is -2.01. The van der Waals surface area contributed by atoms with E-state index in [4.69, 9.17) is 4.74 Å². The highest BCUT2D eigenvalue weighted by Crippen LogP contribution is 2.34. The van der Waals surface area contributed by atoms with E-state index in [2.05, 4.69) is 4.74 Å². The molecule has 0 saturated heterocycles. The smallest absolute Gasteiger partial charge is 0.359 e. The molecular weight excluding hydrogens is 217 g/mol. The van der Waals surface area contributed by atoms with E-state index in [0.29, 0.717) is 16.2 Å². The lowest BCUT2D eigenvalue weighted by molar-refractivity contribution is -0.134. The minimum absolute atomic E-state index is 0.0826. The molecular formula is C8H9F3O2S. The average Bonchev–Trinajstić information content (AvgIpc) is 2.52. The van der Waals surface area contributed by atoms with E-state index in [-0.39, 0.29) is 13.4 Å². The number of hydrogen-bond acceptors (Lipinski definition) is 3. The fourth-order valence-corrected chi connectivity index (χ4v) is 1.65. The van der Waals surface area contributed by atoms with E-state index in [1.165, 1.54) is 13.2 Å². The summed E-state index contributed by atoms with van der Waals surface area (Å²) < 4.78 is 45.9. The Labute approximate surface area is 83.3 Å². The Morgan fingerprint density at radius 3 is 2.57 bits per heavy atom. The molecule has 14 heavy (non-hydrogen) atoms. The molecule has 0 amide bonds. The van der Waals surface area contributed by atoms with Gasteiger partial charge >= 0.3 is 6.18 Å². The van der Waals surface area contributed by atoms with Crippen LogP contribution in [0.1, 0.15) is 9.75 Å². The maximum absolute atomic E-state index is 12.1. The first-order chi connectivity index (χ1) is 6.54. The molecule has 0 N–H and O–H groups in total. The van der Waals surface area contributed by atoms with Gasteiger partial charge in [-0.05, 0) is 12.1 Å². The Hall–Kier alpha value is -0.590. The summed E-state index contributed by atoms with van der Waals surface area (Å²) in [6.07, 6.45) is -4.26. The molecule has 80 valence electrons. The second-order valence-electron chi connectivity index (χ2n) is 2.52. The minimum atomic E-state index is -4.26. The third-order valence-electron chi connectivity index (χ3n) is 1.39. The van der Waals surface area contributed by atoms with Crippen molar-refractivity contribution in [1.82, 2.24) is 0 Å². The van der Waals surface area contributed by atoms with Crippen LogP contribution >= 0.6 is 11.3 Å². The predicted molar refractivity (Wildman–Crippen MR) is 46.0 cm³/mol. The van der Waals surface area contributed by atoms with Gasteiger partial charge in [0.05, 0.1) is 6.61 Å². The van der Waals surface area contributed by atoms with Gasteiger partial charge in [-0.1, -0.05) is 0 Å². The minimum Gasteiger partial charge on any atom is -0.359 e.